The number of sulfonamides is 1. The molecule has 6 nitrogen and oxygen atoms in total. The lowest BCUT2D eigenvalue weighted by Gasteiger charge is -2.16. The summed E-state index contributed by atoms with van der Waals surface area (Å²) in [5, 5.41) is 12.3. The van der Waals surface area contributed by atoms with Gasteiger partial charge in [0.05, 0.1) is 11.0 Å². The Hall–Kier alpha value is -1.15. The number of rotatable bonds is 6. The van der Waals surface area contributed by atoms with Gasteiger partial charge in [0, 0.05) is 32.4 Å². The average Bonchev–Trinajstić information content (AvgIpc) is 2.36. The van der Waals surface area contributed by atoms with Gasteiger partial charge in [0.1, 0.15) is 0 Å². The fraction of sp³-hybridized carbons (Fsp3) is 0.500. The van der Waals surface area contributed by atoms with Crippen molar-refractivity contribution in [2.75, 3.05) is 26.0 Å². The van der Waals surface area contributed by atoms with Crippen LogP contribution in [0, 0.1) is 0 Å². The van der Waals surface area contributed by atoms with Crippen LogP contribution in [-0.4, -0.2) is 50.6 Å². The van der Waals surface area contributed by atoms with E-state index in [1.807, 2.05) is 0 Å². The van der Waals surface area contributed by atoms with Gasteiger partial charge in [0.2, 0.25) is 10.0 Å². The molecule has 7 heteroatoms. The molecule has 0 aliphatic rings. The molecule has 19 heavy (non-hydrogen) atoms. The van der Waals surface area contributed by atoms with E-state index in [0.29, 0.717) is 6.54 Å². The van der Waals surface area contributed by atoms with Crippen molar-refractivity contribution in [2.24, 2.45) is 5.73 Å². The number of hydrogen-bond acceptors (Lipinski definition) is 5. The Morgan fingerprint density at radius 1 is 1.32 bits per heavy atom. The van der Waals surface area contributed by atoms with Crippen molar-refractivity contribution in [3.05, 3.63) is 24.3 Å². The zero-order chi connectivity index (χ0) is 14.6. The van der Waals surface area contributed by atoms with Crippen molar-refractivity contribution in [1.29, 1.82) is 0 Å². The van der Waals surface area contributed by atoms with Crippen molar-refractivity contribution in [1.82, 2.24) is 4.31 Å². The number of aliphatic hydroxyl groups excluding tert-OH is 1. The second kappa shape index (κ2) is 6.33. The number of nitrogens with one attached hydrogen (secondary N) is 1. The number of nitrogens with zero attached hydrogens (tertiary/aromatic N) is 1. The molecule has 1 aromatic rings. The molecule has 0 amide bonds. The quantitative estimate of drug-likeness (QED) is 0.687. The van der Waals surface area contributed by atoms with Gasteiger partial charge in [0.15, 0.2) is 0 Å². The first-order valence-corrected chi connectivity index (χ1v) is 7.39. The zero-order valence-corrected chi connectivity index (χ0v) is 12.2. The second-order valence-corrected chi connectivity index (χ2v) is 6.75. The molecule has 1 aromatic carbocycles. The van der Waals surface area contributed by atoms with E-state index in [9.17, 15) is 13.5 Å². The molecule has 0 aliphatic heterocycles. The average molecular weight is 287 g/mol. The largest absolute Gasteiger partial charge is 0.392 e. The van der Waals surface area contributed by atoms with E-state index in [0.717, 1.165) is 5.69 Å². The van der Waals surface area contributed by atoms with Crippen molar-refractivity contribution in [3.8, 4) is 0 Å². The molecule has 4 N–H and O–H groups in total. The molecule has 2 atom stereocenters. The van der Waals surface area contributed by atoms with E-state index in [2.05, 4.69) is 5.32 Å². The van der Waals surface area contributed by atoms with Gasteiger partial charge in [0.25, 0.3) is 0 Å². The molecule has 108 valence electrons. The monoisotopic (exact) mass is 287 g/mol. The van der Waals surface area contributed by atoms with Gasteiger partial charge in [-0.15, -0.1) is 0 Å². The summed E-state index contributed by atoms with van der Waals surface area (Å²) in [6.45, 7) is 2.04. The molecule has 0 saturated carbocycles. The number of benzene rings is 1. The first-order valence-electron chi connectivity index (χ1n) is 5.95. The molecule has 0 heterocycles. The smallest absolute Gasteiger partial charge is 0.242 e. The van der Waals surface area contributed by atoms with Crippen molar-refractivity contribution in [3.63, 3.8) is 0 Å². The van der Waals surface area contributed by atoms with Crippen LogP contribution in [-0.2, 0) is 10.0 Å². The molecule has 0 fully saturated rings. The SMILES string of the molecule is CC(O)C(N)CNc1ccc(S(=O)(=O)N(C)C)cc1. The lowest BCUT2D eigenvalue weighted by atomic mass is 10.2. The minimum atomic E-state index is -3.40. The summed E-state index contributed by atoms with van der Waals surface area (Å²) >= 11 is 0. The Morgan fingerprint density at radius 2 is 1.84 bits per heavy atom. The summed E-state index contributed by atoms with van der Waals surface area (Å²) in [5.41, 5.74) is 6.45. The fourth-order valence-corrected chi connectivity index (χ4v) is 2.26. The number of anilines is 1. The second-order valence-electron chi connectivity index (χ2n) is 4.60. The molecule has 2 unspecified atom stereocenters. The minimum absolute atomic E-state index is 0.239. The minimum Gasteiger partial charge on any atom is -0.392 e. The van der Waals surface area contributed by atoms with Gasteiger partial charge >= 0.3 is 0 Å². The van der Waals surface area contributed by atoms with Crippen LogP contribution < -0.4 is 11.1 Å². The van der Waals surface area contributed by atoms with Crippen LogP contribution in [0.2, 0.25) is 0 Å². The van der Waals surface area contributed by atoms with E-state index in [4.69, 9.17) is 5.73 Å². The predicted octanol–water partition coefficient (Wildman–Crippen LogP) is 0.0569. The third-order valence-electron chi connectivity index (χ3n) is 2.79. The molecule has 0 radical (unpaired) electrons. The molecule has 1 rings (SSSR count). The lowest BCUT2D eigenvalue weighted by molar-refractivity contribution is 0.168. The van der Waals surface area contributed by atoms with Crippen LogP contribution in [0.1, 0.15) is 6.92 Å². The highest BCUT2D eigenvalue weighted by molar-refractivity contribution is 7.89. The van der Waals surface area contributed by atoms with Gasteiger partial charge < -0.3 is 16.2 Å². The molecule has 0 aliphatic carbocycles. The molecule has 0 saturated heterocycles. The Bertz CT molecular complexity index is 497. The van der Waals surface area contributed by atoms with Gasteiger partial charge in [-0.25, -0.2) is 12.7 Å². The summed E-state index contributed by atoms with van der Waals surface area (Å²) in [6, 6.07) is 6.04. The lowest BCUT2D eigenvalue weighted by Crippen LogP contribution is -2.38. The van der Waals surface area contributed by atoms with E-state index < -0.39 is 16.1 Å². The molecular weight excluding hydrogens is 266 g/mol. The molecular formula is C12H21N3O3S. The van der Waals surface area contributed by atoms with E-state index in [-0.39, 0.29) is 10.9 Å². The van der Waals surface area contributed by atoms with Crippen LogP contribution in [0.3, 0.4) is 0 Å². The number of nitrogens with two attached hydrogens (primary N) is 1. The third kappa shape index (κ3) is 4.17. The summed E-state index contributed by atoms with van der Waals surface area (Å²) in [4.78, 5) is 0.239. The van der Waals surface area contributed by atoms with Crippen LogP contribution >= 0.6 is 0 Å². The van der Waals surface area contributed by atoms with Crippen molar-refractivity contribution < 1.29 is 13.5 Å². The van der Waals surface area contributed by atoms with Gasteiger partial charge in [-0.3, -0.25) is 0 Å². The van der Waals surface area contributed by atoms with Crippen LogP contribution in [0.25, 0.3) is 0 Å². The van der Waals surface area contributed by atoms with Crippen molar-refractivity contribution >= 4 is 15.7 Å². The molecule has 0 aromatic heterocycles. The normalized spacial score (nSPS) is 15.3. The van der Waals surface area contributed by atoms with E-state index >= 15 is 0 Å². The Morgan fingerprint density at radius 3 is 2.26 bits per heavy atom. The van der Waals surface area contributed by atoms with Crippen LogP contribution in [0.4, 0.5) is 5.69 Å². The summed E-state index contributed by atoms with van der Waals surface area (Å²) < 4.78 is 24.9. The fourth-order valence-electron chi connectivity index (χ4n) is 1.36. The van der Waals surface area contributed by atoms with Crippen LogP contribution in [0.15, 0.2) is 29.2 Å². The van der Waals surface area contributed by atoms with Gasteiger partial charge in [-0.05, 0) is 31.2 Å². The third-order valence-corrected chi connectivity index (χ3v) is 4.62. The zero-order valence-electron chi connectivity index (χ0n) is 11.4. The predicted molar refractivity (Wildman–Crippen MR) is 75.5 cm³/mol. The standard InChI is InChI=1S/C12H21N3O3S/c1-9(16)12(13)8-14-10-4-6-11(7-5-10)19(17,18)15(2)3/h4-7,9,12,14,16H,8,13H2,1-3H3. The van der Waals surface area contributed by atoms with Gasteiger partial charge in [-0.1, -0.05) is 0 Å². The molecule has 0 spiro atoms. The van der Waals surface area contributed by atoms with Gasteiger partial charge in [-0.2, -0.15) is 0 Å². The Kier molecular flexibility index (Phi) is 5.30. The number of aliphatic hydroxyl groups is 1. The summed E-state index contributed by atoms with van der Waals surface area (Å²) in [5.74, 6) is 0. The maximum Gasteiger partial charge on any atom is 0.242 e. The van der Waals surface area contributed by atoms with E-state index in [1.165, 1.54) is 30.5 Å². The Balaban J connectivity index is 2.73. The maximum atomic E-state index is 11.9. The topological polar surface area (TPSA) is 95.7 Å². The number of hydrogen-bond donors (Lipinski definition) is 3. The first-order chi connectivity index (χ1) is 8.75. The molecule has 0 bridgehead atoms. The van der Waals surface area contributed by atoms with Crippen molar-refractivity contribution in [2.45, 2.75) is 24.0 Å². The summed E-state index contributed by atoms with van der Waals surface area (Å²) in [7, 11) is -0.419. The highest BCUT2D eigenvalue weighted by Crippen LogP contribution is 2.16. The maximum absolute atomic E-state index is 11.9. The Labute approximate surface area is 114 Å². The summed E-state index contributed by atoms with van der Waals surface area (Å²) in [6.07, 6.45) is -0.596. The first kappa shape index (κ1) is 15.9. The van der Waals surface area contributed by atoms with E-state index in [1.54, 1.807) is 19.1 Å². The highest BCUT2D eigenvalue weighted by Gasteiger charge is 2.16. The van der Waals surface area contributed by atoms with Crippen LogP contribution in [0.5, 0.6) is 0 Å². The highest BCUT2D eigenvalue weighted by atomic mass is 32.2.